The van der Waals surface area contributed by atoms with E-state index in [9.17, 15) is 14.7 Å². The van der Waals surface area contributed by atoms with Gasteiger partial charge in [0.05, 0.1) is 4.91 Å². The molecule has 140 valence electrons. The summed E-state index contributed by atoms with van der Waals surface area (Å²) < 4.78 is 5.94. The van der Waals surface area contributed by atoms with Crippen LogP contribution in [0.5, 0.6) is 5.75 Å². The topological polar surface area (TPSA) is 66.8 Å². The van der Waals surface area contributed by atoms with Crippen LogP contribution in [-0.2, 0) is 9.59 Å². The maximum Gasteiger partial charge on any atom is 0.331 e. The molecule has 1 N–H and O–H groups in total. The fourth-order valence-electron chi connectivity index (χ4n) is 3.13. The Kier molecular flexibility index (Phi) is 5.02. The lowest BCUT2D eigenvalue weighted by molar-refractivity contribution is -0.145. The monoisotopic (exact) mass is 409 g/mol. The fraction of sp³-hybridized carbons (Fsp3) is 0.0952. The summed E-state index contributed by atoms with van der Waals surface area (Å²) in [4.78, 5) is 26.4. The predicted molar refractivity (Wildman–Crippen MR) is 112 cm³/mol. The predicted octanol–water partition coefficient (Wildman–Crippen LogP) is 4.03. The molecule has 1 atom stereocenters. The van der Waals surface area contributed by atoms with Gasteiger partial charge in [-0.25, -0.2) is 4.79 Å². The summed E-state index contributed by atoms with van der Waals surface area (Å²) in [6.45, 7) is 0.335. The molecule has 2 aromatic rings. The van der Waals surface area contributed by atoms with Gasteiger partial charge in [0.2, 0.25) is 0 Å². The second-order valence-corrected chi connectivity index (χ2v) is 7.92. The van der Waals surface area contributed by atoms with E-state index in [0.717, 1.165) is 28.6 Å². The molecule has 0 unspecified atom stereocenters. The molecule has 28 heavy (non-hydrogen) atoms. The Morgan fingerprint density at radius 2 is 1.89 bits per heavy atom. The van der Waals surface area contributed by atoms with E-state index in [-0.39, 0.29) is 4.32 Å². The number of para-hydroxylation sites is 1. The molecule has 2 aliphatic rings. The van der Waals surface area contributed by atoms with Gasteiger partial charge in [-0.05, 0) is 29.4 Å². The van der Waals surface area contributed by atoms with Crippen LogP contribution in [0, 0.1) is 0 Å². The van der Waals surface area contributed by atoms with Crippen molar-refractivity contribution in [3.05, 3.63) is 82.3 Å². The van der Waals surface area contributed by atoms with Crippen LogP contribution in [0.4, 0.5) is 0 Å². The van der Waals surface area contributed by atoms with E-state index in [2.05, 4.69) is 0 Å². The Morgan fingerprint density at radius 1 is 1.18 bits per heavy atom. The van der Waals surface area contributed by atoms with Crippen LogP contribution < -0.4 is 4.74 Å². The number of carbonyl (C=O) groups is 2. The van der Waals surface area contributed by atoms with E-state index in [0.29, 0.717) is 17.1 Å². The lowest BCUT2D eigenvalue weighted by atomic mass is 10.1. The van der Waals surface area contributed by atoms with Crippen molar-refractivity contribution in [1.82, 2.24) is 4.90 Å². The van der Waals surface area contributed by atoms with Gasteiger partial charge < -0.3 is 9.84 Å². The smallest absolute Gasteiger partial charge is 0.331 e. The lowest BCUT2D eigenvalue weighted by Crippen LogP contribution is -2.37. The number of amides is 1. The van der Waals surface area contributed by atoms with Gasteiger partial charge in [-0.1, -0.05) is 72.5 Å². The molecule has 5 nitrogen and oxygen atoms in total. The van der Waals surface area contributed by atoms with Crippen LogP contribution in [0.15, 0.2) is 71.2 Å². The second kappa shape index (κ2) is 7.61. The highest BCUT2D eigenvalue weighted by molar-refractivity contribution is 8.26. The third-order valence-corrected chi connectivity index (χ3v) is 5.73. The molecule has 1 amide bonds. The minimum Gasteiger partial charge on any atom is -0.488 e. The van der Waals surface area contributed by atoms with Gasteiger partial charge in [0, 0.05) is 5.56 Å². The van der Waals surface area contributed by atoms with Gasteiger partial charge in [-0.3, -0.25) is 9.69 Å². The van der Waals surface area contributed by atoms with Crippen molar-refractivity contribution in [2.45, 2.75) is 6.04 Å². The maximum absolute atomic E-state index is 13.0. The molecular formula is C21H15NO4S2. The molecule has 0 aliphatic carbocycles. The largest absolute Gasteiger partial charge is 0.488 e. The van der Waals surface area contributed by atoms with Gasteiger partial charge in [0.15, 0.2) is 6.04 Å². The van der Waals surface area contributed by atoms with E-state index in [1.165, 1.54) is 4.90 Å². The van der Waals surface area contributed by atoms with Crippen molar-refractivity contribution in [2.75, 3.05) is 6.61 Å². The molecular weight excluding hydrogens is 394 g/mol. The average molecular weight is 409 g/mol. The van der Waals surface area contributed by atoms with E-state index in [1.54, 1.807) is 36.4 Å². The third-order valence-electron chi connectivity index (χ3n) is 4.40. The number of benzene rings is 2. The quantitative estimate of drug-likeness (QED) is 0.607. The Bertz CT molecular complexity index is 1030. The number of aliphatic carboxylic acids is 1. The molecule has 0 saturated carbocycles. The average Bonchev–Trinajstić information content (AvgIpc) is 2.96. The molecule has 0 bridgehead atoms. The first-order valence-electron chi connectivity index (χ1n) is 8.52. The van der Waals surface area contributed by atoms with Crippen molar-refractivity contribution in [2.24, 2.45) is 0 Å². The van der Waals surface area contributed by atoms with Crippen LogP contribution in [0.2, 0.25) is 0 Å². The number of hydrogen-bond acceptors (Lipinski definition) is 5. The zero-order chi connectivity index (χ0) is 19.7. The van der Waals surface area contributed by atoms with E-state index < -0.39 is 17.9 Å². The normalized spacial score (nSPS) is 18.5. The first kappa shape index (κ1) is 18.5. The molecule has 2 aromatic carbocycles. The Labute approximate surface area is 171 Å². The van der Waals surface area contributed by atoms with Gasteiger partial charge in [-0.15, -0.1) is 0 Å². The second-order valence-electron chi connectivity index (χ2n) is 6.25. The summed E-state index contributed by atoms with van der Waals surface area (Å²) in [5.41, 5.74) is 2.26. The molecule has 7 heteroatoms. The summed E-state index contributed by atoms with van der Waals surface area (Å²) >= 11 is 6.44. The lowest BCUT2D eigenvalue weighted by Gasteiger charge is -2.23. The van der Waals surface area contributed by atoms with Crippen molar-refractivity contribution in [3.63, 3.8) is 0 Å². The first-order valence-corrected chi connectivity index (χ1v) is 9.74. The molecule has 2 aliphatic heterocycles. The minimum atomic E-state index is -1.16. The Balaban J connectivity index is 1.65. The summed E-state index contributed by atoms with van der Waals surface area (Å²) in [7, 11) is 0. The highest BCUT2D eigenvalue weighted by atomic mass is 32.2. The third kappa shape index (κ3) is 3.46. The number of thiocarbonyl (C=S) groups is 1. The number of carbonyl (C=O) groups excluding carboxylic acids is 1. The number of fused-ring (bicyclic) bond motifs is 1. The van der Waals surface area contributed by atoms with E-state index in [1.807, 2.05) is 30.3 Å². The highest BCUT2D eigenvalue weighted by Gasteiger charge is 2.41. The molecule has 0 spiro atoms. The molecule has 1 saturated heterocycles. The van der Waals surface area contributed by atoms with Crippen molar-refractivity contribution >= 4 is 46.3 Å². The van der Waals surface area contributed by atoms with Crippen LogP contribution in [0.25, 0.3) is 6.08 Å². The van der Waals surface area contributed by atoms with Crippen LogP contribution in [-0.4, -0.2) is 32.8 Å². The van der Waals surface area contributed by atoms with Crippen LogP contribution in [0.3, 0.4) is 0 Å². The Hall–Kier alpha value is -2.90. The number of carboxylic acid groups (broad SMARTS) is 1. The standard InChI is InChI=1S/C21H15NO4S2/c23-19-17(11-13-10-15-8-4-5-9-16(15)26-12-13)28-21(27)22(19)18(20(24)25)14-6-2-1-3-7-14/h1-11,18H,12H2,(H,24,25)/b17-11-/t18-/m0/s1. The maximum atomic E-state index is 13.0. The zero-order valence-corrected chi connectivity index (χ0v) is 16.2. The SMILES string of the molecule is O=C(O)[C@H](c1ccccc1)N1C(=O)/C(=C/C2=Cc3ccccc3OC2)SC1=S. The number of thioether (sulfide) groups is 1. The summed E-state index contributed by atoms with van der Waals surface area (Å²) in [5, 5.41) is 9.73. The molecule has 0 aromatic heterocycles. The molecule has 1 fully saturated rings. The highest BCUT2D eigenvalue weighted by Crippen LogP contribution is 2.38. The zero-order valence-electron chi connectivity index (χ0n) is 14.6. The minimum absolute atomic E-state index is 0.227. The van der Waals surface area contributed by atoms with Gasteiger partial charge >= 0.3 is 5.97 Å². The number of rotatable bonds is 4. The first-order chi connectivity index (χ1) is 13.5. The summed E-state index contributed by atoms with van der Waals surface area (Å²) in [5.74, 6) is -0.744. The fourth-order valence-corrected chi connectivity index (χ4v) is 4.45. The van der Waals surface area contributed by atoms with Crippen LogP contribution in [0.1, 0.15) is 17.2 Å². The van der Waals surface area contributed by atoms with Gasteiger partial charge in [-0.2, -0.15) is 0 Å². The van der Waals surface area contributed by atoms with Gasteiger partial charge in [0.1, 0.15) is 16.7 Å². The number of ether oxygens (including phenoxy) is 1. The summed E-state index contributed by atoms with van der Waals surface area (Å²) in [6.07, 6.45) is 3.68. The van der Waals surface area contributed by atoms with E-state index >= 15 is 0 Å². The van der Waals surface area contributed by atoms with E-state index in [4.69, 9.17) is 17.0 Å². The Morgan fingerprint density at radius 3 is 2.64 bits per heavy atom. The molecule has 2 heterocycles. The number of nitrogens with zero attached hydrogens (tertiary/aromatic N) is 1. The molecule has 4 rings (SSSR count). The summed E-state index contributed by atoms with van der Waals surface area (Å²) in [6, 6.07) is 15.1. The van der Waals surface area contributed by atoms with Crippen molar-refractivity contribution < 1.29 is 19.4 Å². The van der Waals surface area contributed by atoms with Crippen molar-refractivity contribution in [3.8, 4) is 5.75 Å². The van der Waals surface area contributed by atoms with Crippen molar-refractivity contribution in [1.29, 1.82) is 0 Å². The number of hydrogen-bond donors (Lipinski definition) is 1. The number of carboxylic acids is 1. The van der Waals surface area contributed by atoms with Gasteiger partial charge in [0.25, 0.3) is 5.91 Å². The van der Waals surface area contributed by atoms with Crippen LogP contribution >= 0.6 is 24.0 Å². The molecule has 0 radical (unpaired) electrons.